The number of nitrogens with zero attached hydrogens (tertiary/aromatic N) is 2. The van der Waals surface area contributed by atoms with Gasteiger partial charge in [0.1, 0.15) is 0 Å². The lowest BCUT2D eigenvalue weighted by Crippen LogP contribution is -2.41. The fraction of sp³-hybridized carbons (Fsp3) is 0.952. The summed E-state index contributed by atoms with van der Waals surface area (Å²) >= 11 is 0. The van der Waals surface area contributed by atoms with Crippen LogP contribution in [-0.4, -0.2) is 48.4 Å². The molecular formula is C21H40N2O. The number of carbonyl (C=O) groups is 1. The van der Waals surface area contributed by atoms with E-state index in [0.29, 0.717) is 17.9 Å². The Labute approximate surface area is 150 Å². The highest BCUT2D eigenvalue weighted by atomic mass is 16.2. The highest BCUT2D eigenvalue weighted by molar-refractivity contribution is 5.78. The van der Waals surface area contributed by atoms with Gasteiger partial charge in [-0.3, -0.25) is 4.79 Å². The lowest BCUT2D eigenvalue weighted by Gasteiger charge is -2.30. The monoisotopic (exact) mass is 336 g/mol. The SMILES string of the molecule is CC(C)CCN1CCCC(N(C)C(=O)C2CCC[C@H](C)CC2)CC1. The normalized spacial score (nSPS) is 30.0. The second-order valence-electron chi connectivity index (χ2n) is 8.87. The van der Waals surface area contributed by atoms with Gasteiger partial charge in [0.05, 0.1) is 0 Å². The minimum absolute atomic E-state index is 0.292. The van der Waals surface area contributed by atoms with E-state index in [2.05, 4.69) is 37.6 Å². The molecule has 0 aromatic rings. The standard InChI is InChI=1S/C21H40N2O/c1-17(2)12-15-23-14-6-9-20(13-16-23)22(4)21(24)19-8-5-7-18(3)10-11-19/h17-20H,5-16H2,1-4H3/t18-,19?,20?/m0/s1. The first-order valence-electron chi connectivity index (χ1n) is 10.5. The van der Waals surface area contributed by atoms with Crippen molar-refractivity contribution in [1.29, 1.82) is 0 Å². The summed E-state index contributed by atoms with van der Waals surface area (Å²) in [5.74, 6) is 2.32. The van der Waals surface area contributed by atoms with E-state index in [1.807, 2.05) is 0 Å². The van der Waals surface area contributed by atoms with E-state index in [9.17, 15) is 4.79 Å². The van der Waals surface area contributed by atoms with Crippen LogP contribution in [0.3, 0.4) is 0 Å². The minimum Gasteiger partial charge on any atom is -0.342 e. The first kappa shape index (κ1) is 19.8. The second kappa shape index (κ2) is 9.79. The summed E-state index contributed by atoms with van der Waals surface area (Å²) < 4.78 is 0. The molecule has 1 amide bonds. The fourth-order valence-electron chi connectivity index (χ4n) is 4.39. The van der Waals surface area contributed by atoms with Crippen molar-refractivity contribution >= 4 is 5.91 Å². The van der Waals surface area contributed by atoms with Crippen LogP contribution in [0.5, 0.6) is 0 Å². The predicted molar refractivity (Wildman–Crippen MR) is 102 cm³/mol. The summed E-state index contributed by atoms with van der Waals surface area (Å²) in [6.07, 6.45) is 10.9. The Morgan fingerprint density at radius 2 is 1.83 bits per heavy atom. The van der Waals surface area contributed by atoms with E-state index in [1.165, 1.54) is 51.6 Å². The largest absolute Gasteiger partial charge is 0.342 e. The predicted octanol–water partition coefficient (Wildman–Crippen LogP) is 4.56. The smallest absolute Gasteiger partial charge is 0.225 e. The highest BCUT2D eigenvalue weighted by Gasteiger charge is 2.29. The lowest BCUT2D eigenvalue weighted by atomic mass is 9.96. The van der Waals surface area contributed by atoms with Crippen LogP contribution in [0.25, 0.3) is 0 Å². The Morgan fingerprint density at radius 3 is 2.58 bits per heavy atom. The average molecular weight is 337 g/mol. The van der Waals surface area contributed by atoms with E-state index in [-0.39, 0.29) is 0 Å². The zero-order valence-corrected chi connectivity index (χ0v) is 16.6. The van der Waals surface area contributed by atoms with E-state index in [1.54, 1.807) is 0 Å². The Hall–Kier alpha value is -0.570. The van der Waals surface area contributed by atoms with Crippen LogP contribution in [-0.2, 0) is 4.79 Å². The van der Waals surface area contributed by atoms with Gasteiger partial charge in [-0.2, -0.15) is 0 Å². The molecule has 3 heteroatoms. The molecule has 2 unspecified atom stereocenters. The van der Waals surface area contributed by atoms with Crippen LogP contribution in [0.1, 0.15) is 78.6 Å². The Balaban J connectivity index is 1.82. The molecule has 0 aromatic carbocycles. The highest BCUT2D eigenvalue weighted by Crippen LogP contribution is 2.29. The zero-order valence-electron chi connectivity index (χ0n) is 16.6. The Kier molecular flexibility index (Phi) is 8.06. The zero-order chi connectivity index (χ0) is 17.5. The molecule has 1 aliphatic heterocycles. The molecule has 0 bridgehead atoms. The molecule has 0 radical (unpaired) electrons. The summed E-state index contributed by atoms with van der Waals surface area (Å²) in [5.41, 5.74) is 0. The molecule has 3 atom stereocenters. The topological polar surface area (TPSA) is 23.6 Å². The maximum Gasteiger partial charge on any atom is 0.225 e. The molecule has 1 aliphatic carbocycles. The summed E-state index contributed by atoms with van der Waals surface area (Å²) in [4.78, 5) is 17.7. The van der Waals surface area contributed by atoms with Crippen molar-refractivity contribution in [2.45, 2.75) is 84.6 Å². The van der Waals surface area contributed by atoms with Crippen LogP contribution in [0.4, 0.5) is 0 Å². The van der Waals surface area contributed by atoms with Gasteiger partial charge < -0.3 is 9.80 Å². The molecule has 2 fully saturated rings. The molecule has 0 aromatic heterocycles. The molecule has 2 rings (SSSR count). The van der Waals surface area contributed by atoms with Crippen molar-refractivity contribution in [3.63, 3.8) is 0 Å². The number of carbonyl (C=O) groups excluding carboxylic acids is 1. The fourth-order valence-corrected chi connectivity index (χ4v) is 4.39. The summed E-state index contributed by atoms with van der Waals surface area (Å²) in [6, 6.07) is 0.460. The van der Waals surface area contributed by atoms with Crippen LogP contribution in [0, 0.1) is 17.8 Å². The van der Waals surface area contributed by atoms with Crippen molar-refractivity contribution in [3.05, 3.63) is 0 Å². The van der Waals surface area contributed by atoms with Crippen molar-refractivity contribution < 1.29 is 4.79 Å². The van der Waals surface area contributed by atoms with Gasteiger partial charge in [-0.1, -0.05) is 33.6 Å². The number of hydrogen-bond acceptors (Lipinski definition) is 2. The summed E-state index contributed by atoms with van der Waals surface area (Å²) in [6.45, 7) is 10.6. The Bertz CT molecular complexity index is 382. The van der Waals surface area contributed by atoms with E-state index >= 15 is 0 Å². The quantitative estimate of drug-likeness (QED) is 0.687. The van der Waals surface area contributed by atoms with E-state index < -0.39 is 0 Å². The molecule has 140 valence electrons. The molecular weight excluding hydrogens is 296 g/mol. The minimum atomic E-state index is 0.292. The molecule has 1 saturated carbocycles. The maximum absolute atomic E-state index is 13.0. The molecule has 0 spiro atoms. The summed E-state index contributed by atoms with van der Waals surface area (Å²) in [5, 5.41) is 0. The molecule has 2 aliphatic rings. The van der Waals surface area contributed by atoms with Gasteiger partial charge in [0.15, 0.2) is 0 Å². The molecule has 24 heavy (non-hydrogen) atoms. The van der Waals surface area contributed by atoms with Gasteiger partial charge >= 0.3 is 0 Å². The maximum atomic E-state index is 13.0. The Morgan fingerprint density at radius 1 is 1.04 bits per heavy atom. The number of hydrogen-bond donors (Lipinski definition) is 0. The van der Waals surface area contributed by atoms with Crippen LogP contribution >= 0.6 is 0 Å². The van der Waals surface area contributed by atoms with Gasteiger partial charge in [-0.25, -0.2) is 0 Å². The van der Waals surface area contributed by atoms with Gasteiger partial charge in [0.25, 0.3) is 0 Å². The van der Waals surface area contributed by atoms with Crippen molar-refractivity contribution in [2.24, 2.45) is 17.8 Å². The third kappa shape index (κ3) is 6.06. The van der Waals surface area contributed by atoms with E-state index in [0.717, 1.165) is 37.6 Å². The summed E-state index contributed by atoms with van der Waals surface area (Å²) in [7, 11) is 2.07. The van der Waals surface area contributed by atoms with E-state index in [4.69, 9.17) is 0 Å². The first-order valence-corrected chi connectivity index (χ1v) is 10.5. The van der Waals surface area contributed by atoms with Crippen molar-refractivity contribution in [2.75, 3.05) is 26.7 Å². The van der Waals surface area contributed by atoms with Crippen LogP contribution in [0.15, 0.2) is 0 Å². The first-order chi connectivity index (χ1) is 11.5. The van der Waals surface area contributed by atoms with Gasteiger partial charge in [0.2, 0.25) is 5.91 Å². The molecule has 1 heterocycles. The van der Waals surface area contributed by atoms with Gasteiger partial charge in [-0.15, -0.1) is 0 Å². The molecule has 3 nitrogen and oxygen atoms in total. The lowest BCUT2D eigenvalue weighted by molar-refractivity contribution is -0.137. The number of amides is 1. The van der Waals surface area contributed by atoms with Gasteiger partial charge in [-0.05, 0) is 69.9 Å². The van der Waals surface area contributed by atoms with Crippen LogP contribution < -0.4 is 0 Å². The second-order valence-corrected chi connectivity index (χ2v) is 8.87. The van der Waals surface area contributed by atoms with Crippen LogP contribution in [0.2, 0.25) is 0 Å². The molecule has 1 saturated heterocycles. The number of rotatable bonds is 5. The van der Waals surface area contributed by atoms with Crippen molar-refractivity contribution in [1.82, 2.24) is 9.80 Å². The van der Waals surface area contributed by atoms with Gasteiger partial charge in [0, 0.05) is 25.6 Å². The average Bonchev–Trinajstić information content (AvgIpc) is 2.92. The number of likely N-dealkylation sites (tertiary alicyclic amines) is 1. The molecule has 0 N–H and O–H groups in total. The van der Waals surface area contributed by atoms with Crippen molar-refractivity contribution in [3.8, 4) is 0 Å². The third-order valence-electron chi connectivity index (χ3n) is 6.31. The third-order valence-corrected chi connectivity index (χ3v) is 6.31.